The molecule has 1 fully saturated rings. The van der Waals surface area contributed by atoms with Crippen molar-refractivity contribution in [1.82, 2.24) is 0 Å². The fraction of sp³-hybridized carbons (Fsp3) is 0.333. The Kier molecular flexibility index (Phi) is 4.90. The summed E-state index contributed by atoms with van der Waals surface area (Å²) in [4.78, 5) is 1.08. The number of thioether (sulfide) groups is 1. The van der Waals surface area contributed by atoms with E-state index in [0.29, 0.717) is 5.92 Å². The van der Waals surface area contributed by atoms with E-state index < -0.39 is 0 Å². The van der Waals surface area contributed by atoms with Crippen molar-refractivity contribution in [2.75, 3.05) is 5.75 Å². The van der Waals surface area contributed by atoms with Crippen LogP contribution in [0, 0.1) is 12.8 Å². The molecule has 1 aromatic carbocycles. The molecule has 2 heteroatoms. The lowest BCUT2D eigenvalue weighted by atomic mass is 9.98. The highest BCUT2D eigenvalue weighted by molar-refractivity contribution is 8.03. The molecular weight excluding hydrogens is 264 g/mol. The summed E-state index contributed by atoms with van der Waals surface area (Å²) in [6, 6.07) is 6.43. The molecule has 1 aliphatic rings. The van der Waals surface area contributed by atoms with Gasteiger partial charge in [-0.25, -0.2) is 0 Å². The van der Waals surface area contributed by atoms with Gasteiger partial charge in [-0.1, -0.05) is 37.8 Å². The Balaban J connectivity index is 2.39. The average Bonchev–Trinajstić information content (AvgIpc) is 2.75. The van der Waals surface area contributed by atoms with Gasteiger partial charge in [-0.2, -0.15) is 0 Å². The molecule has 0 amide bonds. The molecule has 0 aliphatic carbocycles. The van der Waals surface area contributed by atoms with Gasteiger partial charge in [0.05, 0.1) is 6.10 Å². The summed E-state index contributed by atoms with van der Waals surface area (Å²) in [5, 5.41) is 10.2. The number of hydrogen-bond acceptors (Lipinski definition) is 2. The second kappa shape index (κ2) is 6.47. The van der Waals surface area contributed by atoms with Crippen molar-refractivity contribution in [3.05, 3.63) is 58.5 Å². The second-order valence-electron chi connectivity index (χ2n) is 5.30. The lowest BCUT2D eigenvalue weighted by Gasteiger charge is -2.10. The molecule has 1 nitrogen and oxygen atoms in total. The van der Waals surface area contributed by atoms with E-state index in [4.69, 9.17) is 0 Å². The summed E-state index contributed by atoms with van der Waals surface area (Å²) in [6.45, 7) is 10.1. The smallest absolute Gasteiger partial charge is 0.0881 e. The molecule has 20 heavy (non-hydrogen) atoms. The van der Waals surface area contributed by atoms with Crippen LogP contribution < -0.4 is 0 Å². The van der Waals surface area contributed by atoms with Crippen molar-refractivity contribution in [2.24, 2.45) is 5.92 Å². The molecule has 106 valence electrons. The van der Waals surface area contributed by atoms with Crippen molar-refractivity contribution in [2.45, 2.75) is 26.9 Å². The highest BCUT2D eigenvalue weighted by Gasteiger charge is 2.26. The minimum absolute atomic E-state index is 0.316. The molecule has 2 rings (SSSR count). The monoisotopic (exact) mass is 286 g/mol. The van der Waals surface area contributed by atoms with Gasteiger partial charge in [0.15, 0.2) is 0 Å². The summed E-state index contributed by atoms with van der Waals surface area (Å²) < 4.78 is 0. The van der Waals surface area contributed by atoms with E-state index in [-0.39, 0.29) is 6.10 Å². The minimum atomic E-state index is -0.316. The van der Waals surface area contributed by atoms with E-state index in [1.54, 1.807) is 11.8 Å². The van der Waals surface area contributed by atoms with E-state index in [1.807, 2.05) is 13.0 Å². The van der Waals surface area contributed by atoms with E-state index in [0.717, 1.165) is 16.2 Å². The molecule has 0 bridgehead atoms. The van der Waals surface area contributed by atoms with E-state index in [1.165, 1.54) is 16.7 Å². The summed E-state index contributed by atoms with van der Waals surface area (Å²) in [5.41, 5.74) is 4.72. The van der Waals surface area contributed by atoms with Gasteiger partial charge in [-0.15, -0.1) is 11.8 Å². The third kappa shape index (κ3) is 3.08. The van der Waals surface area contributed by atoms with Crippen LogP contribution in [0.4, 0.5) is 0 Å². The molecular formula is C18H22OS. The van der Waals surface area contributed by atoms with Gasteiger partial charge < -0.3 is 5.11 Å². The molecule has 1 saturated heterocycles. The highest BCUT2D eigenvalue weighted by Crippen LogP contribution is 2.37. The molecule has 1 aromatic rings. The maximum absolute atomic E-state index is 10.2. The third-order valence-corrected chi connectivity index (χ3v) is 5.17. The zero-order chi connectivity index (χ0) is 14.7. The molecule has 1 heterocycles. The molecule has 1 N–H and O–H groups in total. The predicted octanol–water partition coefficient (Wildman–Crippen LogP) is 4.67. The Morgan fingerprint density at radius 3 is 2.75 bits per heavy atom. The van der Waals surface area contributed by atoms with Crippen LogP contribution in [0.1, 0.15) is 30.5 Å². The first-order valence-corrected chi connectivity index (χ1v) is 7.97. The van der Waals surface area contributed by atoms with Gasteiger partial charge in [0, 0.05) is 10.7 Å². The van der Waals surface area contributed by atoms with Crippen molar-refractivity contribution in [3.8, 4) is 0 Å². The zero-order valence-electron chi connectivity index (χ0n) is 12.4. The van der Waals surface area contributed by atoms with Gasteiger partial charge in [-0.3, -0.25) is 0 Å². The van der Waals surface area contributed by atoms with Crippen molar-refractivity contribution >= 4 is 23.4 Å². The van der Waals surface area contributed by atoms with Crippen LogP contribution in [0.15, 0.2) is 41.8 Å². The number of aliphatic hydroxyl groups is 1. The van der Waals surface area contributed by atoms with Gasteiger partial charge in [0.2, 0.25) is 0 Å². The van der Waals surface area contributed by atoms with Crippen molar-refractivity contribution in [3.63, 3.8) is 0 Å². The SMILES string of the molecule is C=CC(=CC)c1ccc(C)c(C=C2SCC(C)C2O)c1. The lowest BCUT2D eigenvalue weighted by Crippen LogP contribution is -2.12. The molecule has 2 atom stereocenters. The number of rotatable bonds is 3. The van der Waals surface area contributed by atoms with Gasteiger partial charge >= 0.3 is 0 Å². The van der Waals surface area contributed by atoms with Crippen LogP contribution >= 0.6 is 11.8 Å². The van der Waals surface area contributed by atoms with Crippen LogP contribution in [0.3, 0.4) is 0 Å². The van der Waals surface area contributed by atoms with E-state index in [9.17, 15) is 5.11 Å². The maximum Gasteiger partial charge on any atom is 0.0881 e. The van der Waals surface area contributed by atoms with Crippen LogP contribution in [-0.4, -0.2) is 17.0 Å². The predicted molar refractivity (Wildman–Crippen MR) is 90.6 cm³/mol. The van der Waals surface area contributed by atoms with Gasteiger partial charge in [-0.05, 0) is 54.2 Å². The topological polar surface area (TPSA) is 20.2 Å². The number of benzene rings is 1. The molecule has 0 aromatic heterocycles. The van der Waals surface area contributed by atoms with E-state index in [2.05, 4.69) is 50.8 Å². The summed E-state index contributed by atoms with van der Waals surface area (Å²) >= 11 is 1.76. The van der Waals surface area contributed by atoms with Crippen molar-refractivity contribution in [1.29, 1.82) is 0 Å². The number of aryl methyl sites for hydroxylation is 1. The Morgan fingerprint density at radius 2 is 2.20 bits per heavy atom. The molecule has 0 saturated carbocycles. The van der Waals surface area contributed by atoms with Crippen LogP contribution in [0.2, 0.25) is 0 Å². The number of hydrogen-bond donors (Lipinski definition) is 1. The first-order chi connectivity index (χ1) is 9.56. The number of allylic oxidation sites excluding steroid dienone is 3. The largest absolute Gasteiger partial charge is 0.388 e. The zero-order valence-corrected chi connectivity index (χ0v) is 13.2. The lowest BCUT2D eigenvalue weighted by molar-refractivity contribution is 0.178. The standard InChI is InChI=1S/C18H22OS/c1-5-14(6-2)15-8-7-12(3)16(9-15)10-17-18(19)13(4)11-20-17/h5-10,13,18-19H,1,11H2,2-4H3. The van der Waals surface area contributed by atoms with Crippen molar-refractivity contribution < 1.29 is 5.11 Å². The Bertz CT molecular complexity index is 569. The van der Waals surface area contributed by atoms with E-state index >= 15 is 0 Å². The summed E-state index contributed by atoms with van der Waals surface area (Å²) in [7, 11) is 0. The quantitative estimate of drug-likeness (QED) is 0.815. The van der Waals surface area contributed by atoms with Gasteiger partial charge in [0.1, 0.15) is 0 Å². The Labute approximate surface area is 126 Å². The van der Waals surface area contributed by atoms with Crippen LogP contribution in [0.5, 0.6) is 0 Å². The third-order valence-electron chi connectivity index (χ3n) is 3.78. The molecule has 0 radical (unpaired) electrons. The molecule has 2 unspecified atom stereocenters. The normalized spacial score (nSPS) is 25.2. The van der Waals surface area contributed by atoms with Gasteiger partial charge in [0.25, 0.3) is 0 Å². The second-order valence-corrected chi connectivity index (χ2v) is 6.39. The highest BCUT2D eigenvalue weighted by atomic mass is 32.2. The number of aliphatic hydroxyl groups excluding tert-OH is 1. The average molecular weight is 286 g/mol. The minimum Gasteiger partial charge on any atom is -0.388 e. The molecule has 0 spiro atoms. The van der Waals surface area contributed by atoms with Crippen LogP contribution in [0.25, 0.3) is 11.6 Å². The first kappa shape index (κ1) is 15.1. The summed E-state index contributed by atoms with van der Waals surface area (Å²) in [6.07, 6.45) is 5.76. The fourth-order valence-corrected chi connectivity index (χ4v) is 3.59. The van der Waals surface area contributed by atoms with Crippen LogP contribution in [-0.2, 0) is 0 Å². The summed E-state index contributed by atoms with van der Waals surface area (Å²) in [5.74, 6) is 1.34. The Hall–Kier alpha value is -1.25. The first-order valence-electron chi connectivity index (χ1n) is 6.99. The fourth-order valence-electron chi connectivity index (χ4n) is 2.34. The Morgan fingerprint density at radius 1 is 1.45 bits per heavy atom. The molecule has 1 aliphatic heterocycles. The maximum atomic E-state index is 10.2.